The lowest BCUT2D eigenvalue weighted by atomic mass is 9.91. The highest BCUT2D eigenvalue weighted by Gasteiger charge is 2.19. The Hall–Kier alpha value is -6.68. The Labute approximate surface area is 310 Å². The molecule has 0 amide bonds. The molecule has 2 aromatic heterocycles. The number of aromatic nitrogens is 2. The van der Waals surface area contributed by atoms with Crippen molar-refractivity contribution in [1.29, 1.82) is 0 Å². The zero-order valence-electron chi connectivity index (χ0n) is 28.6. The van der Waals surface area contributed by atoms with Crippen LogP contribution in [0.3, 0.4) is 0 Å². The summed E-state index contributed by atoms with van der Waals surface area (Å²) in [6.07, 6.45) is 0. The lowest BCUT2D eigenvalue weighted by Gasteiger charge is -2.13. The normalized spacial score (nSPS) is 11.8. The van der Waals surface area contributed by atoms with Crippen molar-refractivity contribution in [3.8, 4) is 44.9 Å². The second kappa shape index (κ2) is 11.9. The summed E-state index contributed by atoms with van der Waals surface area (Å²) < 4.78 is 1.25. The third-order valence-electron chi connectivity index (χ3n) is 10.7. The van der Waals surface area contributed by atoms with Gasteiger partial charge >= 0.3 is 0 Å². The van der Waals surface area contributed by atoms with E-state index in [0.29, 0.717) is 0 Å². The smallest absolute Gasteiger partial charge is 0.161 e. The van der Waals surface area contributed by atoms with E-state index in [-0.39, 0.29) is 0 Å². The lowest BCUT2D eigenvalue weighted by molar-refractivity contribution is 1.24. The zero-order chi connectivity index (χ0) is 34.9. The van der Waals surface area contributed by atoms with Crippen LogP contribution in [0.5, 0.6) is 0 Å². The van der Waals surface area contributed by atoms with E-state index < -0.39 is 0 Å². The van der Waals surface area contributed by atoms with Gasteiger partial charge in [-0.15, -0.1) is 11.3 Å². The largest absolute Gasteiger partial charge is 0.227 e. The molecule has 11 aromatic rings. The van der Waals surface area contributed by atoms with Gasteiger partial charge in [0.2, 0.25) is 0 Å². The highest BCUT2D eigenvalue weighted by molar-refractivity contribution is 7.26. The molecule has 0 aliphatic heterocycles. The number of nitrogens with zero attached hydrogens (tertiary/aromatic N) is 2. The molecule has 9 aromatic carbocycles. The highest BCUT2D eigenvalue weighted by atomic mass is 32.1. The molecule has 0 unspecified atom stereocenters. The summed E-state index contributed by atoms with van der Waals surface area (Å²) >= 11 is 1.76. The zero-order valence-corrected chi connectivity index (χ0v) is 29.4. The van der Waals surface area contributed by atoms with E-state index in [4.69, 9.17) is 9.97 Å². The van der Waals surface area contributed by atoms with Crippen molar-refractivity contribution >= 4 is 74.7 Å². The monoisotopic (exact) mass is 690 g/mol. The van der Waals surface area contributed by atoms with Crippen LogP contribution in [0.1, 0.15) is 0 Å². The number of hydrogen-bond donors (Lipinski definition) is 0. The second-order valence-corrected chi connectivity index (χ2v) is 14.7. The van der Waals surface area contributed by atoms with Gasteiger partial charge in [-0.25, -0.2) is 9.97 Å². The standard InChI is InChI=1S/C50H30N2S/c1-2-13-32(14-3-1)49-51-47(46-44-27-24-31-12-4-5-19-38(31)48(44)53-50(46)52-49)37-18-11-17-35(29-37)33-15-10-16-34(28-33)36-25-26-43-41-22-7-6-20-39(41)40-21-8-9-23-42(40)45(43)30-36/h1-30H. The van der Waals surface area contributed by atoms with Gasteiger partial charge in [0.25, 0.3) is 0 Å². The summed E-state index contributed by atoms with van der Waals surface area (Å²) in [4.78, 5) is 11.5. The van der Waals surface area contributed by atoms with Crippen LogP contribution >= 0.6 is 11.3 Å². The average Bonchev–Trinajstić information content (AvgIpc) is 3.63. The maximum absolute atomic E-state index is 5.31. The number of rotatable bonds is 4. The average molecular weight is 691 g/mol. The van der Waals surface area contributed by atoms with E-state index in [1.54, 1.807) is 11.3 Å². The summed E-state index contributed by atoms with van der Waals surface area (Å²) in [7, 11) is 0. The first-order valence-corrected chi connectivity index (χ1v) is 18.8. The quantitative estimate of drug-likeness (QED) is 0.172. The van der Waals surface area contributed by atoms with Crippen LogP contribution in [0, 0.1) is 0 Å². The molecule has 2 nitrogen and oxygen atoms in total. The maximum atomic E-state index is 5.31. The van der Waals surface area contributed by atoms with Gasteiger partial charge in [-0.1, -0.05) is 164 Å². The number of hydrogen-bond acceptors (Lipinski definition) is 3. The van der Waals surface area contributed by atoms with E-state index in [1.807, 2.05) is 6.07 Å². The third kappa shape index (κ3) is 4.86. The minimum absolute atomic E-state index is 0.743. The first kappa shape index (κ1) is 30.0. The van der Waals surface area contributed by atoms with Gasteiger partial charge in [0.1, 0.15) is 4.83 Å². The molecule has 0 bridgehead atoms. The van der Waals surface area contributed by atoms with Crippen LogP contribution in [0.15, 0.2) is 182 Å². The SMILES string of the molecule is c1ccc(-c2nc(-c3cccc(-c4cccc(-c5ccc6c7ccccc7c7ccccc7c6c5)c4)c3)c3c(n2)sc2c4ccccc4ccc23)cc1. The Morgan fingerprint density at radius 2 is 0.830 bits per heavy atom. The molecule has 53 heavy (non-hydrogen) atoms. The fourth-order valence-corrected chi connectivity index (χ4v) is 9.35. The third-order valence-corrected chi connectivity index (χ3v) is 11.8. The molecule has 246 valence electrons. The molecule has 2 heterocycles. The Morgan fingerprint density at radius 1 is 0.321 bits per heavy atom. The fourth-order valence-electron chi connectivity index (χ4n) is 8.14. The van der Waals surface area contributed by atoms with E-state index in [0.717, 1.165) is 38.4 Å². The molecule has 0 spiro atoms. The Bertz CT molecular complexity index is 3200. The van der Waals surface area contributed by atoms with Crippen molar-refractivity contribution in [2.75, 3.05) is 0 Å². The summed E-state index contributed by atoms with van der Waals surface area (Å²) in [6.45, 7) is 0. The molecule has 0 fully saturated rings. The van der Waals surface area contributed by atoms with Crippen molar-refractivity contribution in [2.45, 2.75) is 0 Å². The molecule has 0 saturated carbocycles. The molecule has 0 radical (unpaired) electrons. The predicted octanol–water partition coefficient (Wildman–Crippen LogP) is 14.1. The van der Waals surface area contributed by atoms with Crippen LogP contribution in [-0.2, 0) is 0 Å². The summed E-state index contributed by atoms with van der Waals surface area (Å²) in [5.41, 5.74) is 7.77. The molecular weight excluding hydrogens is 661 g/mol. The number of fused-ring (bicyclic) bond motifs is 11. The van der Waals surface area contributed by atoms with Crippen molar-refractivity contribution in [3.63, 3.8) is 0 Å². The van der Waals surface area contributed by atoms with Crippen LogP contribution < -0.4 is 0 Å². The molecule has 0 aliphatic rings. The predicted molar refractivity (Wildman–Crippen MR) is 227 cm³/mol. The molecular formula is C50H30N2S. The summed E-state index contributed by atoms with van der Waals surface area (Å²) in [6, 6.07) is 65.6. The Balaban J connectivity index is 1.07. The van der Waals surface area contributed by atoms with Gasteiger partial charge in [-0.3, -0.25) is 0 Å². The first-order valence-electron chi connectivity index (χ1n) is 18.0. The van der Waals surface area contributed by atoms with Crippen LogP contribution in [-0.4, -0.2) is 9.97 Å². The summed E-state index contributed by atoms with van der Waals surface area (Å²) in [5, 5.41) is 12.5. The molecule has 0 atom stereocenters. The van der Waals surface area contributed by atoms with Crippen molar-refractivity contribution in [1.82, 2.24) is 9.97 Å². The highest BCUT2D eigenvalue weighted by Crippen LogP contribution is 2.43. The topological polar surface area (TPSA) is 25.8 Å². The van der Waals surface area contributed by atoms with Gasteiger partial charge in [-0.2, -0.15) is 0 Å². The molecule has 0 aliphatic carbocycles. The van der Waals surface area contributed by atoms with Crippen LogP contribution in [0.25, 0.3) is 108 Å². The minimum Gasteiger partial charge on any atom is -0.227 e. The van der Waals surface area contributed by atoms with Crippen molar-refractivity contribution in [2.24, 2.45) is 0 Å². The molecule has 0 saturated heterocycles. The van der Waals surface area contributed by atoms with Gasteiger partial charge in [0.15, 0.2) is 5.82 Å². The van der Waals surface area contributed by atoms with Gasteiger partial charge in [-0.05, 0) is 83.5 Å². The molecule has 0 N–H and O–H groups in total. The second-order valence-electron chi connectivity index (χ2n) is 13.7. The lowest BCUT2D eigenvalue weighted by Crippen LogP contribution is -1.94. The molecule has 3 heteroatoms. The van der Waals surface area contributed by atoms with Gasteiger partial charge < -0.3 is 0 Å². The fraction of sp³-hybridized carbons (Fsp3) is 0. The van der Waals surface area contributed by atoms with Crippen LogP contribution in [0.2, 0.25) is 0 Å². The van der Waals surface area contributed by atoms with Crippen molar-refractivity contribution < 1.29 is 0 Å². The summed E-state index contributed by atoms with van der Waals surface area (Å²) in [5.74, 6) is 0.743. The Morgan fingerprint density at radius 3 is 1.53 bits per heavy atom. The minimum atomic E-state index is 0.743. The van der Waals surface area contributed by atoms with E-state index in [1.165, 1.54) is 69.9 Å². The number of benzene rings is 9. The van der Waals surface area contributed by atoms with E-state index in [2.05, 4.69) is 176 Å². The van der Waals surface area contributed by atoms with Gasteiger partial charge in [0.05, 0.1) is 5.69 Å². The van der Waals surface area contributed by atoms with E-state index in [9.17, 15) is 0 Å². The van der Waals surface area contributed by atoms with E-state index >= 15 is 0 Å². The first-order chi connectivity index (χ1) is 26.3. The van der Waals surface area contributed by atoms with Crippen molar-refractivity contribution in [3.05, 3.63) is 182 Å². The van der Waals surface area contributed by atoms with Gasteiger partial charge in [0, 0.05) is 26.6 Å². The maximum Gasteiger partial charge on any atom is 0.161 e. The Kier molecular flexibility index (Phi) is 6.76. The van der Waals surface area contributed by atoms with Crippen LogP contribution in [0.4, 0.5) is 0 Å². The number of thiophene rings is 1. The molecule has 11 rings (SSSR count).